The van der Waals surface area contributed by atoms with Crippen molar-refractivity contribution < 1.29 is 22.4 Å². The molecule has 35 heavy (non-hydrogen) atoms. The van der Waals surface area contributed by atoms with Crippen LogP contribution in [0, 0.1) is 5.82 Å². The summed E-state index contributed by atoms with van der Waals surface area (Å²) in [5.74, 6) is 0.0521. The SMILES string of the molecule is O=C(CCC1=NNC2C3CC(c4ccc(F)cc4)NN3C=CN12)NCc1ccccc1C(F)(F)F. The van der Waals surface area contributed by atoms with Crippen molar-refractivity contribution in [3.63, 3.8) is 0 Å². The third kappa shape index (κ3) is 4.81. The molecule has 0 aromatic heterocycles. The van der Waals surface area contributed by atoms with Gasteiger partial charge in [-0.2, -0.15) is 18.3 Å². The van der Waals surface area contributed by atoms with E-state index in [1.807, 2.05) is 22.3 Å². The number of amidine groups is 1. The number of benzene rings is 2. The fourth-order valence-electron chi connectivity index (χ4n) is 4.68. The van der Waals surface area contributed by atoms with Crippen LogP contribution < -0.4 is 16.2 Å². The van der Waals surface area contributed by atoms with Crippen molar-refractivity contribution in [2.45, 2.75) is 50.2 Å². The van der Waals surface area contributed by atoms with Crippen LogP contribution >= 0.6 is 0 Å². The number of hydrogen-bond acceptors (Lipinski definition) is 6. The van der Waals surface area contributed by atoms with Crippen molar-refractivity contribution in [2.24, 2.45) is 5.10 Å². The summed E-state index contributed by atoms with van der Waals surface area (Å²) < 4.78 is 52.7. The van der Waals surface area contributed by atoms with Crippen molar-refractivity contribution in [1.29, 1.82) is 0 Å². The molecular formula is C24H24F4N6O. The molecule has 0 radical (unpaired) electrons. The summed E-state index contributed by atoms with van der Waals surface area (Å²) in [6.45, 7) is -0.195. The van der Waals surface area contributed by atoms with E-state index in [1.165, 1.54) is 30.3 Å². The van der Waals surface area contributed by atoms with Crippen LogP contribution in [0.3, 0.4) is 0 Å². The van der Waals surface area contributed by atoms with Gasteiger partial charge in [-0.15, -0.1) is 0 Å². The molecule has 2 aromatic rings. The van der Waals surface area contributed by atoms with Gasteiger partial charge in [-0.25, -0.2) is 9.82 Å². The average Bonchev–Trinajstić information content (AvgIpc) is 3.45. The number of carbonyl (C=O) groups is 1. The first-order chi connectivity index (χ1) is 16.8. The summed E-state index contributed by atoms with van der Waals surface area (Å²) in [5.41, 5.74) is 6.81. The zero-order chi connectivity index (χ0) is 24.6. The van der Waals surface area contributed by atoms with Crippen LogP contribution in [0.1, 0.15) is 42.0 Å². The van der Waals surface area contributed by atoms with E-state index in [0.717, 1.165) is 18.1 Å². The molecule has 11 heteroatoms. The minimum atomic E-state index is -4.47. The van der Waals surface area contributed by atoms with Gasteiger partial charge in [0.2, 0.25) is 5.91 Å². The molecule has 1 fully saturated rings. The molecule has 3 N–H and O–H groups in total. The quantitative estimate of drug-likeness (QED) is 0.543. The minimum Gasteiger partial charge on any atom is -0.352 e. The zero-order valence-electron chi connectivity index (χ0n) is 18.6. The smallest absolute Gasteiger partial charge is 0.352 e. The predicted octanol–water partition coefficient (Wildman–Crippen LogP) is 3.59. The number of nitrogens with one attached hydrogen (secondary N) is 3. The van der Waals surface area contributed by atoms with Gasteiger partial charge in [-0.3, -0.25) is 10.2 Å². The van der Waals surface area contributed by atoms with E-state index in [9.17, 15) is 22.4 Å². The Kier molecular flexibility index (Phi) is 6.10. The van der Waals surface area contributed by atoms with Gasteiger partial charge < -0.3 is 15.2 Å². The van der Waals surface area contributed by atoms with E-state index in [0.29, 0.717) is 12.3 Å². The Morgan fingerprint density at radius 2 is 1.89 bits per heavy atom. The number of hydrazone groups is 1. The number of carbonyl (C=O) groups excluding carboxylic acids is 1. The molecule has 2 aromatic carbocycles. The number of hydrazine groups is 1. The Bertz CT molecular complexity index is 1150. The lowest BCUT2D eigenvalue weighted by molar-refractivity contribution is -0.138. The van der Waals surface area contributed by atoms with Crippen LogP contribution in [0.5, 0.6) is 0 Å². The van der Waals surface area contributed by atoms with E-state index < -0.39 is 11.7 Å². The predicted molar refractivity (Wildman–Crippen MR) is 120 cm³/mol. The first-order valence-corrected chi connectivity index (χ1v) is 11.3. The maximum Gasteiger partial charge on any atom is 0.416 e. The number of hydrogen-bond donors (Lipinski definition) is 3. The van der Waals surface area contributed by atoms with Crippen LogP contribution in [0.25, 0.3) is 0 Å². The molecule has 7 nitrogen and oxygen atoms in total. The molecule has 0 spiro atoms. The molecule has 3 aliphatic rings. The van der Waals surface area contributed by atoms with Gasteiger partial charge in [-0.05, 0) is 35.7 Å². The lowest BCUT2D eigenvalue weighted by atomic mass is 9.99. The summed E-state index contributed by atoms with van der Waals surface area (Å²) in [6.07, 6.45) is 0.374. The lowest BCUT2D eigenvalue weighted by Crippen LogP contribution is -2.54. The maximum atomic E-state index is 13.3. The number of amides is 1. The number of halogens is 4. The summed E-state index contributed by atoms with van der Waals surface area (Å²) >= 11 is 0. The highest BCUT2D eigenvalue weighted by molar-refractivity contribution is 5.89. The first-order valence-electron chi connectivity index (χ1n) is 11.3. The third-order valence-electron chi connectivity index (χ3n) is 6.46. The summed E-state index contributed by atoms with van der Waals surface area (Å²) in [7, 11) is 0. The third-order valence-corrected chi connectivity index (χ3v) is 6.46. The zero-order valence-corrected chi connectivity index (χ0v) is 18.6. The maximum absolute atomic E-state index is 13.3. The highest BCUT2D eigenvalue weighted by atomic mass is 19.4. The van der Waals surface area contributed by atoms with Crippen molar-refractivity contribution >= 4 is 11.7 Å². The fraction of sp³-hybridized carbons (Fsp3) is 0.333. The number of alkyl halides is 3. The molecule has 0 bridgehead atoms. The summed E-state index contributed by atoms with van der Waals surface area (Å²) in [4.78, 5) is 14.3. The first kappa shape index (κ1) is 23.2. The van der Waals surface area contributed by atoms with Gasteiger partial charge in [0.05, 0.1) is 17.6 Å². The average molecular weight is 488 g/mol. The van der Waals surface area contributed by atoms with Crippen molar-refractivity contribution in [1.82, 2.24) is 26.1 Å². The van der Waals surface area contributed by atoms with Gasteiger partial charge in [0.25, 0.3) is 0 Å². The minimum absolute atomic E-state index is 0.0248. The summed E-state index contributed by atoms with van der Waals surface area (Å²) in [6, 6.07) is 11.7. The van der Waals surface area contributed by atoms with Crippen LogP contribution in [0.4, 0.5) is 17.6 Å². The molecular weight excluding hydrogens is 464 g/mol. The Hall–Kier alpha value is -3.60. The number of nitrogens with zero attached hydrogens (tertiary/aromatic N) is 3. The largest absolute Gasteiger partial charge is 0.416 e. The molecule has 1 saturated heterocycles. The molecule has 0 aliphatic carbocycles. The second-order valence-electron chi connectivity index (χ2n) is 8.68. The number of fused-ring (bicyclic) bond motifs is 3. The molecule has 3 aliphatic heterocycles. The standard InChI is InChI=1S/C24H24F4N6O/c25-17-7-5-15(6-8-17)19-13-20-23-31-30-21(33(23)11-12-34(20)32-19)9-10-22(35)29-14-16-3-1-2-4-18(16)24(26,27)28/h1-8,11-12,19-20,23,31-32H,9-10,13-14H2,(H,29,35). The molecule has 3 unspecified atom stereocenters. The van der Waals surface area contributed by atoms with Crippen molar-refractivity contribution in [3.05, 3.63) is 83.4 Å². The molecule has 1 amide bonds. The monoisotopic (exact) mass is 488 g/mol. The van der Waals surface area contributed by atoms with Gasteiger partial charge >= 0.3 is 6.18 Å². The Balaban J connectivity index is 1.14. The van der Waals surface area contributed by atoms with Gasteiger partial charge in [0.1, 0.15) is 17.8 Å². The van der Waals surface area contributed by atoms with Crippen LogP contribution in [-0.2, 0) is 17.5 Å². The Morgan fingerprint density at radius 3 is 2.66 bits per heavy atom. The molecule has 184 valence electrons. The Labute approximate surface area is 199 Å². The number of rotatable bonds is 6. The molecule has 5 rings (SSSR count). The van der Waals surface area contributed by atoms with Gasteiger partial charge in [-0.1, -0.05) is 30.3 Å². The Morgan fingerprint density at radius 1 is 1.11 bits per heavy atom. The second kappa shape index (κ2) is 9.21. The van der Waals surface area contributed by atoms with Crippen LogP contribution in [0.2, 0.25) is 0 Å². The fourth-order valence-corrected chi connectivity index (χ4v) is 4.68. The van der Waals surface area contributed by atoms with Gasteiger partial charge in [0.15, 0.2) is 0 Å². The second-order valence-corrected chi connectivity index (χ2v) is 8.68. The van der Waals surface area contributed by atoms with E-state index in [-0.39, 0.29) is 48.5 Å². The van der Waals surface area contributed by atoms with Crippen molar-refractivity contribution in [3.8, 4) is 0 Å². The highest BCUT2D eigenvalue weighted by Gasteiger charge is 2.44. The summed E-state index contributed by atoms with van der Waals surface area (Å²) in [5, 5.41) is 8.98. The van der Waals surface area contributed by atoms with Crippen LogP contribution in [0.15, 0.2) is 66.0 Å². The topological polar surface area (TPSA) is 72.0 Å². The van der Waals surface area contributed by atoms with Crippen LogP contribution in [-0.4, -0.2) is 33.9 Å². The van der Waals surface area contributed by atoms with Crippen molar-refractivity contribution in [2.75, 3.05) is 0 Å². The highest BCUT2D eigenvalue weighted by Crippen LogP contribution is 2.34. The van der Waals surface area contributed by atoms with E-state index in [4.69, 9.17) is 0 Å². The van der Waals surface area contributed by atoms with E-state index in [2.05, 4.69) is 21.3 Å². The normalized spacial score (nSPS) is 23.0. The molecule has 3 atom stereocenters. The van der Waals surface area contributed by atoms with E-state index >= 15 is 0 Å². The lowest BCUT2D eigenvalue weighted by Gasteiger charge is -2.37. The van der Waals surface area contributed by atoms with E-state index in [1.54, 1.807) is 12.1 Å². The molecule has 3 heterocycles. The molecule has 0 saturated carbocycles. The van der Waals surface area contributed by atoms with Gasteiger partial charge in [0, 0.05) is 31.8 Å².